The second-order valence-corrected chi connectivity index (χ2v) is 11.8. The van der Waals surface area contributed by atoms with Gasteiger partial charge in [0.1, 0.15) is 5.75 Å². The minimum absolute atomic E-state index is 0.107. The lowest BCUT2D eigenvalue weighted by molar-refractivity contribution is -0.123. The largest absolute Gasteiger partial charge is 0.497 e. The van der Waals surface area contributed by atoms with E-state index in [4.69, 9.17) is 27.9 Å². The molecule has 1 N–H and O–H groups in total. The number of hydrogen-bond acceptors (Lipinski definition) is 5. The SMILES string of the molecule is COc1ccc(CC(=O)N/N=C\C23c4ccccc4C(c4ccccc42)[C@H]2C(=O)N(c4ccc(Cl)cc4Cl)C(=O)[C@H]23)cc1. The Hall–Kier alpha value is -4.46. The second kappa shape index (κ2) is 10.4. The molecule has 4 aromatic rings. The number of benzene rings is 4. The number of rotatable bonds is 6. The van der Waals surface area contributed by atoms with Crippen LogP contribution in [0.15, 0.2) is 96.1 Å². The highest BCUT2D eigenvalue weighted by Gasteiger charge is 2.68. The fraction of sp³-hybridized carbons (Fsp3) is 0.176. The van der Waals surface area contributed by atoms with E-state index >= 15 is 0 Å². The van der Waals surface area contributed by atoms with Crippen LogP contribution in [0, 0.1) is 11.8 Å². The maximum atomic E-state index is 14.4. The van der Waals surface area contributed by atoms with Crippen LogP contribution in [0.1, 0.15) is 33.7 Å². The van der Waals surface area contributed by atoms with Gasteiger partial charge in [0.05, 0.1) is 41.5 Å². The predicted octanol–water partition coefficient (Wildman–Crippen LogP) is 5.90. The van der Waals surface area contributed by atoms with E-state index < -0.39 is 17.3 Å². The highest BCUT2D eigenvalue weighted by molar-refractivity contribution is 6.38. The minimum Gasteiger partial charge on any atom is -0.497 e. The summed E-state index contributed by atoms with van der Waals surface area (Å²) in [5.41, 5.74) is 6.34. The van der Waals surface area contributed by atoms with Crippen LogP contribution in [-0.4, -0.2) is 31.0 Å². The van der Waals surface area contributed by atoms with E-state index in [2.05, 4.69) is 10.5 Å². The average Bonchev–Trinajstić information content (AvgIpc) is 3.28. The second-order valence-electron chi connectivity index (χ2n) is 11.0. The quantitative estimate of drug-likeness (QED) is 0.167. The number of imide groups is 1. The van der Waals surface area contributed by atoms with E-state index in [1.807, 2.05) is 60.7 Å². The first-order chi connectivity index (χ1) is 20.8. The monoisotopic (exact) mass is 609 g/mol. The number of nitrogens with zero attached hydrogens (tertiary/aromatic N) is 2. The molecule has 7 nitrogen and oxygen atoms in total. The topological polar surface area (TPSA) is 88.1 Å². The maximum absolute atomic E-state index is 14.4. The molecule has 1 saturated heterocycles. The zero-order valence-electron chi connectivity index (χ0n) is 23.0. The lowest BCUT2D eigenvalue weighted by Crippen LogP contribution is -2.54. The molecule has 4 aromatic carbocycles. The van der Waals surface area contributed by atoms with Crippen molar-refractivity contribution in [2.24, 2.45) is 16.9 Å². The van der Waals surface area contributed by atoms with Crippen LogP contribution in [0.2, 0.25) is 10.0 Å². The molecule has 1 fully saturated rings. The van der Waals surface area contributed by atoms with Gasteiger partial charge in [-0.15, -0.1) is 0 Å². The lowest BCUT2D eigenvalue weighted by Gasteiger charge is -2.52. The maximum Gasteiger partial charge on any atom is 0.244 e. The Bertz CT molecular complexity index is 1790. The summed E-state index contributed by atoms with van der Waals surface area (Å²) in [6, 6.07) is 27.6. The van der Waals surface area contributed by atoms with E-state index in [9.17, 15) is 14.4 Å². The third-order valence-electron chi connectivity index (χ3n) is 8.82. The zero-order chi connectivity index (χ0) is 29.9. The minimum atomic E-state index is -1.11. The van der Waals surface area contributed by atoms with Crippen molar-refractivity contribution in [1.29, 1.82) is 0 Å². The van der Waals surface area contributed by atoms with Crippen LogP contribution in [0.5, 0.6) is 5.75 Å². The number of amides is 3. The molecule has 0 radical (unpaired) electrons. The van der Waals surface area contributed by atoms with E-state index in [0.29, 0.717) is 16.5 Å². The fourth-order valence-electron chi connectivity index (χ4n) is 7.12. The first kappa shape index (κ1) is 27.4. The molecule has 3 amide bonds. The molecule has 0 spiro atoms. The summed E-state index contributed by atoms with van der Waals surface area (Å²) in [5.74, 6) is -2.13. The molecule has 2 bridgehead atoms. The molecule has 2 atom stereocenters. The van der Waals surface area contributed by atoms with Gasteiger partial charge in [-0.1, -0.05) is 83.9 Å². The van der Waals surface area contributed by atoms with Crippen molar-refractivity contribution in [3.63, 3.8) is 0 Å². The molecule has 9 heteroatoms. The van der Waals surface area contributed by atoms with Crippen LogP contribution in [0.3, 0.4) is 0 Å². The van der Waals surface area contributed by atoms with E-state index in [-0.39, 0.29) is 35.1 Å². The van der Waals surface area contributed by atoms with Crippen molar-refractivity contribution < 1.29 is 19.1 Å². The Kier molecular flexibility index (Phi) is 6.60. The standard InChI is InChI=1S/C34H25Cl2N3O4/c1-43-21-13-10-19(11-14-21)16-28(40)38-37-18-34-24-8-4-2-6-22(24)29(23-7-3-5-9-25(23)34)30-31(34)33(42)39(32(30)41)27-15-12-20(35)17-26(27)36/h2-15,17-18,29-31H,16H2,1H3,(H,38,40)/b37-18-/t29?,30-,31+,34?/m1/s1. The van der Waals surface area contributed by atoms with Gasteiger partial charge in [-0.3, -0.25) is 14.4 Å². The third kappa shape index (κ3) is 4.10. The van der Waals surface area contributed by atoms with Gasteiger partial charge in [-0.25, -0.2) is 10.3 Å². The number of carbonyl (C=O) groups is 3. The number of nitrogens with one attached hydrogen (secondary N) is 1. The number of ether oxygens (including phenoxy) is 1. The Morgan fingerprint density at radius 3 is 2.21 bits per heavy atom. The molecule has 214 valence electrons. The summed E-state index contributed by atoms with van der Waals surface area (Å²) in [6.07, 6.45) is 1.75. The van der Waals surface area contributed by atoms with E-state index in [1.165, 1.54) is 11.0 Å². The number of hydrogen-bond donors (Lipinski definition) is 1. The first-order valence-electron chi connectivity index (χ1n) is 13.8. The van der Waals surface area contributed by atoms with Gasteiger partial charge in [0, 0.05) is 17.2 Å². The number of methoxy groups -OCH3 is 1. The summed E-state index contributed by atoms with van der Waals surface area (Å²) in [4.78, 5) is 42.8. The zero-order valence-corrected chi connectivity index (χ0v) is 24.5. The molecular formula is C34H25Cl2N3O4. The van der Waals surface area contributed by atoms with Gasteiger partial charge in [-0.2, -0.15) is 5.10 Å². The summed E-state index contributed by atoms with van der Waals surface area (Å²) in [6.45, 7) is 0. The first-order valence-corrected chi connectivity index (χ1v) is 14.6. The third-order valence-corrected chi connectivity index (χ3v) is 9.35. The van der Waals surface area contributed by atoms with Gasteiger partial charge in [0.25, 0.3) is 0 Å². The van der Waals surface area contributed by atoms with Gasteiger partial charge in [0.15, 0.2) is 0 Å². The van der Waals surface area contributed by atoms with Crippen molar-refractivity contribution in [3.05, 3.63) is 129 Å². The molecule has 43 heavy (non-hydrogen) atoms. The molecule has 0 unspecified atom stereocenters. The number of carbonyl (C=O) groups excluding carboxylic acids is 3. The Morgan fingerprint density at radius 1 is 0.930 bits per heavy atom. The number of halogens is 2. The van der Waals surface area contributed by atoms with Crippen molar-refractivity contribution in [1.82, 2.24) is 5.43 Å². The molecule has 3 aliphatic carbocycles. The van der Waals surface area contributed by atoms with E-state index in [0.717, 1.165) is 27.8 Å². The summed E-state index contributed by atoms with van der Waals surface area (Å²) in [7, 11) is 1.58. The molecule has 8 rings (SSSR count). The van der Waals surface area contributed by atoms with Crippen LogP contribution < -0.4 is 15.1 Å². The average molecular weight is 610 g/mol. The summed E-state index contributed by atoms with van der Waals surface area (Å²) in [5, 5.41) is 5.08. The van der Waals surface area contributed by atoms with Crippen molar-refractivity contribution in [3.8, 4) is 5.75 Å². The summed E-state index contributed by atoms with van der Waals surface area (Å²) >= 11 is 12.7. The van der Waals surface area contributed by atoms with E-state index in [1.54, 1.807) is 37.6 Å². The Balaban J connectivity index is 1.33. The smallest absolute Gasteiger partial charge is 0.244 e. The van der Waals surface area contributed by atoms with Crippen LogP contribution in [0.4, 0.5) is 5.69 Å². The van der Waals surface area contributed by atoms with Gasteiger partial charge in [-0.05, 0) is 58.1 Å². The molecule has 1 aliphatic heterocycles. The Morgan fingerprint density at radius 2 is 1.58 bits per heavy atom. The van der Waals surface area contributed by atoms with Crippen molar-refractivity contribution >= 4 is 52.8 Å². The van der Waals surface area contributed by atoms with Gasteiger partial charge < -0.3 is 4.74 Å². The molecule has 1 heterocycles. The molecular weight excluding hydrogens is 585 g/mol. The summed E-state index contributed by atoms with van der Waals surface area (Å²) < 4.78 is 5.20. The molecule has 0 aromatic heterocycles. The predicted molar refractivity (Wildman–Crippen MR) is 165 cm³/mol. The van der Waals surface area contributed by atoms with Gasteiger partial charge in [0.2, 0.25) is 17.7 Å². The normalized spacial score (nSPS) is 23.2. The van der Waals surface area contributed by atoms with Crippen molar-refractivity contribution in [2.75, 3.05) is 12.0 Å². The highest BCUT2D eigenvalue weighted by Crippen LogP contribution is 2.63. The van der Waals surface area contributed by atoms with Crippen LogP contribution in [0.25, 0.3) is 0 Å². The Labute approximate surface area is 258 Å². The van der Waals surface area contributed by atoms with Gasteiger partial charge >= 0.3 is 0 Å². The number of hydrazone groups is 1. The fourth-order valence-corrected chi connectivity index (χ4v) is 7.62. The number of anilines is 1. The van der Waals surface area contributed by atoms with Crippen LogP contribution in [-0.2, 0) is 26.2 Å². The molecule has 0 saturated carbocycles. The van der Waals surface area contributed by atoms with Crippen LogP contribution >= 0.6 is 23.2 Å². The highest BCUT2D eigenvalue weighted by atomic mass is 35.5. The van der Waals surface area contributed by atoms with Crippen molar-refractivity contribution in [2.45, 2.75) is 17.8 Å². The molecule has 4 aliphatic rings. The lowest BCUT2D eigenvalue weighted by atomic mass is 9.47.